The van der Waals surface area contributed by atoms with E-state index in [1.807, 2.05) is 19.1 Å². The van der Waals surface area contributed by atoms with E-state index in [4.69, 9.17) is 21.1 Å². The van der Waals surface area contributed by atoms with Crippen molar-refractivity contribution in [2.75, 3.05) is 14.1 Å². The first kappa shape index (κ1) is 18.6. The van der Waals surface area contributed by atoms with Crippen LogP contribution in [0.3, 0.4) is 0 Å². The van der Waals surface area contributed by atoms with E-state index in [0.717, 1.165) is 11.4 Å². The van der Waals surface area contributed by atoms with Gasteiger partial charge in [0.1, 0.15) is 18.9 Å². The molecule has 0 spiro atoms. The fourth-order valence-corrected chi connectivity index (χ4v) is 2.27. The molecule has 2 N–H and O–H groups in total. The molecule has 1 aromatic carbocycles. The van der Waals surface area contributed by atoms with Crippen LogP contribution in [0.15, 0.2) is 24.3 Å². The van der Waals surface area contributed by atoms with E-state index in [0.29, 0.717) is 16.3 Å². The molecule has 8 nitrogen and oxygen atoms in total. The van der Waals surface area contributed by atoms with Gasteiger partial charge in [0.15, 0.2) is 0 Å². The molecule has 0 aliphatic carbocycles. The van der Waals surface area contributed by atoms with E-state index < -0.39 is 12.2 Å². The van der Waals surface area contributed by atoms with Crippen LogP contribution in [0.5, 0.6) is 0 Å². The normalized spacial score (nSPS) is 10.2. The van der Waals surface area contributed by atoms with E-state index in [2.05, 4.69) is 15.7 Å². The number of ether oxygens (including phenoxy) is 2. The second kappa shape index (κ2) is 8.39. The van der Waals surface area contributed by atoms with Gasteiger partial charge in [-0.25, -0.2) is 14.3 Å². The molecule has 2 amide bonds. The Balaban J connectivity index is 2.33. The summed E-state index contributed by atoms with van der Waals surface area (Å²) < 4.78 is 11.9. The minimum Gasteiger partial charge on any atom is -0.445 e. The first-order valence-electron chi connectivity index (χ1n) is 7.48. The largest absolute Gasteiger partial charge is 0.445 e. The second-order valence-electron chi connectivity index (χ2n) is 5.05. The Hall–Kier alpha value is -2.74. The molecule has 9 heteroatoms. The standard InChI is InChI=1S/C16H19ClN4O4/c1-10-13(8-24-15(22)18-2)14(9-25-16(23)19-3)20-21(10)12-6-4-11(17)5-7-12/h4-7H,8-9H2,1-3H3,(H,18,22)(H,19,23). The highest BCUT2D eigenvalue weighted by atomic mass is 35.5. The lowest BCUT2D eigenvalue weighted by atomic mass is 10.2. The number of carbonyl (C=O) groups is 2. The summed E-state index contributed by atoms with van der Waals surface area (Å²) in [7, 11) is 2.94. The van der Waals surface area contributed by atoms with Gasteiger partial charge in [0, 0.05) is 30.4 Å². The van der Waals surface area contributed by atoms with E-state index in [-0.39, 0.29) is 13.2 Å². The summed E-state index contributed by atoms with van der Waals surface area (Å²) in [4.78, 5) is 22.7. The first-order chi connectivity index (χ1) is 12.0. The molecule has 0 unspecified atom stereocenters. The third kappa shape index (κ3) is 4.63. The van der Waals surface area contributed by atoms with E-state index in [1.54, 1.807) is 16.8 Å². The van der Waals surface area contributed by atoms with Gasteiger partial charge in [-0.05, 0) is 31.2 Å². The third-order valence-electron chi connectivity index (χ3n) is 3.49. The molecule has 0 aliphatic rings. The van der Waals surface area contributed by atoms with Crippen LogP contribution >= 0.6 is 11.6 Å². The van der Waals surface area contributed by atoms with Gasteiger partial charge in [-0.1, -0.05) is 11.6 Å². The number of benzene rings is 1. The Kier molecular flexibility index (Phi) is 6.24. The van der Waals surface area contributed by atoms with Crippen LogP contribution in [0.2, 0.25) is 5.02 Å². The molecule has 1 aromatic heterocycles. The maximum Gasteiger partial charge on any atom is 0.407 e. The summed E-state index contributed by atoms with van der Waals surface area (Å²) >= 11 is 5.92. The lowest BCUT2D eigenvalue weighted by molar-refractivity contribution is 0.133. The van der Waals surface area contributed by atoms with Gasteiger partial charge < -0.3 is 20.1 Å². The molecular weight excluding hydrogens is 348 g/mol. The summed E-state index contributed by atoms with van der Waals surface area (Å²) in [5.41, 5.74) is 2.72. The summed E-state index contributed by atoms with van der Waals surface area (Å²) in [5, 5.41) is 9.84. The predicted molar refractivity (Wildman–Crippen MR) is 91.8 cm³/mol. The second-order valence-corrected chi connectivity index (χ2v) is 5.49. The lowest BCUT2D eigenvalue weighted by Crippen LogP contribution is -2.20. The molecule has 0 aliphatic heterocycles. The number of nitrogens with one attached hydrogen (secondary N) is 2. The Morgan fingerprint density at radius 3 is 2.20 bits per heavy atom. The molecular formula is C16H19ClN4O4. The summed E-state index contributed by atoms with van der Waals surface area (Å²) in [5.74, 6) is 0. The Labute approximate surface area is 150 Å². The fraction of sp³-hybridized carbons (Fsp3) is 0.312. The van der Waals surface area contributed by atoms with E-state index in [1.165, 1.54) is 14.1 Å². The van der Waals surface area contributed by atoms with Crippen molar-refractivity contribution < 1.29 is 19.1 Å². The van der Waals surface area contributed by atoms with E-state index in [9.17, 15) is 9.59 Å². The Bertz CT molecular complexity index is 758. The van der Waals surface area contributed by atoms with Crippen molar-refractivity contribution in [1.29, 1.82) is 0 Å². The maximum absolute atomic E-state index is 11.4. The van der Waals surface area contributed by atoms with Crippen LogP contribution in [0.4, 0.5) is 9.59 Å². The molecule has 0 radical (unpaired) electrons. The molecule has 0 saturated carbocycles. The number of rotatable bonds is 5. The van der Waals surface area contributed by atoms with Gasteiger partial charge in [-0.15, -0.1) is 0 Å². The van der Waals surface area contributed by atoms with Crippen molar-refractivity contribution in [2.45, 2.75) is 20.1 Å². The molecule has 25 heavy (non-hydrogen) atoms. The Morgan fingerprint density at radius 2 is 1.64 bits per heavy atom. The number of alkyl carbamates (subject to hydrolysis) is 2. The number of nitrogens with zero attached hydrogens (tertiary/aromatic N) is 2. The Morgan fingerprint density at radius 1 is 1.08 bits per heavy atom. The highest BCUT2D eigenvalue weighted by Crippen LogP contribution is 2.21. The number of hydrogen-bond donors (Lipinski definition) is 2. The smallest absolute Gasteiger partial charge is 0.407 e. The molecule has 1 heterocycles. The molecule has 2 aromatic rings. The number of amides is 2. The molecule has 0 atom stereocenters. The lowest BCUT2D eigenvalue weighted by Gasteiger charge is -2.07. The summed E-state index contributed by atoms with van der Waals surface area (Å²) in [6.07, 6.45) is -1.13. The molecule has 0 saturated heterocycles. The highest BCUT2D eigenvalue weighted by Gasteiger charge is 2.18. The molecule has 2 rings (SSSR count). The number of carbonyl (C=O) groups excluding carboxylic acids is 2. The van der Waals surface area contributed by atoms with Crippen LogP contribution in [0, 0.1) is 6.92 Å². The zero-order valence-electron chi connectivity index (χ0n) is 14.1. The van der Waals surface area contributed by atoms with Crippen LogP contribution < -0.4 is 10.6 Å². The molecule has 0 bridgehead atoms. The number of halogens is 1. The molecule has 134 valence electrons. The summed E-state index contributed by atoms with van der Waals surface area (Å²) in [6, 6.07) is 7.13. The first-order valence-corrected chi connectivity index (χ1v) is 7.86. The van der Waals surface area contributed by atoms with Crippen LogP contribution in [-0.2, 0) is 22.7 Å². The van der Waals surface area contributed by atoms with Gasteiger partial charge in [0.2, 0.25) is 0 Å². The van der Waals surface area contributed by atoms with Crippen molar-refractivity contribution in [2.24, 2.45) is 0 Å². The topological polar surface area (TPSA) is 94.5 Å². The van der Waals surface area contributed by atoms with Crippen LogP contribution in [0.1, 0.15) is 17.0 Å². The van der Waals surface area contributed by atoms with Gasteiger partial charge in [0.05, 0.1) is 5.69 Å². The predicted octanol–water partition coefficient (Wildman–Crippen LogP) is 2.55. The average molecular weight is 367 g/mol. The minimum absolute atomic E-state index is 0.00549. The quantitative estimate of drug-likeness (QED) is 0.848. The number of aromatic nitrogens is 2. The van der Waals surface area contributed by atoms with Crippen molar-refractivity contribution in [3.63, 3.8) is 0 Å². The fourth-order valence-electron chi connectivity index (χ4n) is 2.15. The van der Waals surface area contributed by atoms with Gasteiger partial charge >= 0.3 is 12.2 Å². The SMILES string of the molecule is CNC(=O)OCc1nn(-c2ccc(Cl)cc2)c(C)c1COC(=O)NC. The van der Waals surface area contributed by atoms with Crippen molar-refractivity contribution in [1.82, 2.24) is 20.4 Å². The average Bonchev–Trinajstić information content (AvgIpc) is 2.94. The number of hydrogen-bond acceptors (Lipinski definition) is 5. The van der Waals surface area contributed by atoms with Crippen molar-refractivity contribution in [3.8, 4) is 5.69 Å². The maximum atomic E-state index is 11.4. The third-order valence-corrected chi connectivity index (χ3v) is 3.74. The zero-order chi connectivity index (χ0) is 18.4. The van der Waals surface area contributed by atoms with Gasteiger partial charge in [0.25, 0.3) is 0 Å². The zero-order valence-corrected chi connectivity index (χ0v) is 14.9. The van der Waals surface area contributed by atoms with Gasteiger partial charge in [-0.2, -0.15) is 5.10 Å². The van der Waals surface area contributed by atoms with Crippen LogP contribution in [0.25, 0.3) is 5.69 Å². The van der Waals surface area contributed by atoms with Crippen LogP contribution in [-0.4, -0.2) is 36.1 Å². The van der Waals surface area contributed by atoms with Crippen molar-refractivity contribution in [3.05, 3.63) is 46.2 Å². The molecule has 0 fully saturated rings. The summed E-state index contributed by atoms with van der Waals surface area (Å²) in [6.45, 7) is 1.80. The minimum atomic E-state index is -0.572. The highest BCUT2D eigenvalue weighted by molar-refractivity contribution is 6.30. The van der Waals surface area contributed by atoms with Crippen molar-refractivity contribution >= 4 is 23.8 Å². The monoisotopic (exact) mass is 366 g/mol. The van der Waals surface area contributed by atoms with E-state index >= 15 is 0 Å². The van der Waals surface area contributed by atoms with Gasteiger partial charge in [-0.3, -0.25) is 0 Å².